The lowest BCUT2D eigenvalue weighted by atomic mass is 9.97. The van der Waals surface area contributed by atoms with E-state index in [9.17, 15) is 13.2 Å². The van der Waals surface area contributed by atoms with E-state index in [1.54, 1.807) is 7.05 Å². The van der Waals surface area contributed by atoms with Crippen LogP contribution < -0.4 is 10.6 Å². The summed E-state index contributed by atoms with van der Waals surface area (Å²) >= 11 is 1.04. The van der Waals surface area contributed by atoms with Crippen LogP contribution in [0, 0.1) is 0 Å². The normalized spacial score (nSPS) is 20.2. The fourth-order valence-corrected chi connectivity index (χ4v) is 4.44. The number of nitrogens with one attached hydrogen (secondary N) is 2. The molecule has 1 aliphatic rings. The van der Waals surface area contributed by atoms with Crippen LogP contribution in [0.3, 0.4) is 0 Å². The molecule has 0 aliphatic carbocycles. The van der Waals surface area contributed by atoms with E-state index in [1.165, 1.54) is 5.56 Å². The Morgan fingerprint density at radius 1 is 1.29 bits per heavy atom. The highest BCUT2D eigenvalue weighted by atomic mass is 127. The van der Waals surface area contributed by atoms with Crippen LogP contribution in [0.15, 0.2) is 40.7 Å². The fourth-order valence-electron chi connectivity index (χ4n) is 3.64. The van der Waals surface area contributed by atoms with Gasteiger partial charge in [-0.25, -0.2) is 4.98 Å². The third-order valence-corrected chi connectivity index (χ3v) is 6.19. The summed E-state index contributed by atoms with van der Waals surface area (Å²) < 4.78 is 37.9. The number of aliphatic imine (C=N–C) groups is 1. The number of hydrogen-bond donors (Lipinski definition) is 2. The number of piperidine rings is 1. The van der Waals surface area contributed by atoms with Crippen molar-refractivity contribution >= 4 is 41.3 Å². The summed E-state index contributed by atoms with van der Waals surface area (Å²) in [5.41, 5.74) is 0.505. The first-order chi connectivity index (χ1) is 14.3. The number of likely N-dealkylation sites (tertiary alicyclic amines) is 1. The summed E-state index contributed by atoms with van der Waals surface area (Å²) in [6.07, 6.45) is -1.94. The summed E-state index contributed by atoms with van der Waals surface area (Å²) in [6.45, 7) is 4.68. The van der Waals surface area contributed by atoms with Gasteiger partial charge in [0.15, 0.2) is 11.7 Å². The van der Waals surface area contributed by atoms with Crippen molar-refractivity contribution in [3.05, 3.63) is 52.0 Å². The molecule has 0 spiro atoms. The largest absolute Gasteiger partial charge is 0.434 e. The Hall–Kier alpha value is -1.40. The smallest absolute Gasteiger partial charge is 0.356 e. The van der Waals surface area contributed by atoms with Crippen LogP contribution in [0.5, 0.6) is 0 Å². The molecule has 1 saturated heterocycles. The number of rotatable bonds is 6. The number of hydrogen-bond acceptors (Lipinski definition) is 4. The zero-order valence-corrected chi connectivity index (χ0v) is 20.8. The van der Waals surface area contributed by atoms with Crippen molar-refractivity contribution in [2.75, 3.05) is 20.1 Å². The van der Waals surface area contributed by atoms with Crippen LogP contribution in [-0.4, -0.2) is 48.1 Å². The van der Waals surface area contributed by atoms with Gasteiger partial charge >= 0.3 is 6.18 Å². The Balaban J connectivity index is 0.00000341. The summed E-state index contributed by atoms with van der Waals surface area (Å²) in [5.74, 6) is 0.677. The second-order valence-electron chi connectivity index (χ2n) is 7.54. The molecule has 10 heteroatoms. The second-order valence-corrected chi connectivity index (χ2v) is 8.49. The van der Waals surface area contributed by atoms with Gasteiger partial charge in [-0.15, -0.1) is 35.3 Å². The van der Waals surface area contributed by atoms with E-state index in [2.05, 4.69) is 56.7 Å². The molecule has 2 unspecified atom stereocenters. The minimum absolute atomic E-state index is 0. The van der Waals surface area contributed by atoms with E-state index in [0.29, 0.717) is 36.0 Å². The van der Waals surface area contributed by atoms with Crippen LogP contribution in [-0.2, 0) is 19.1 Å². The zero-order valence-electron chi connectivity index (χ0n) is 17.7. The van der Waals surface area contributed by atoms with Gasteiger partial charge < -0.3 is 10.6 Å². The molecular weight excluding hydrogens is 538 g/mol. The molecule has 2 aromatic rings. The second kappa shape index (κ2) is 12.0. The molecule has 1 fully saturated rings. The maximum absolute atomic E-state index is 12.6. The Morgan fingerprint density at radius 3 is 2.65 bits per heavy atom. The van der Waals surface area contributed by atoms with Gasteiger partial charge in [0.25, 0.3) is 0 Å². The summed E-state index contributed by atoms with van der Waals surface area (Å²) in [5, 5.41) is 8.17. The molecule has 0 bridgehead atoms. The molecule has 3 rings (SSSR count). The molecule has 172 valence electrons. The summed E-state index contributed by atoms with van der Waals surface area (Å²) in [4.78, 5) is 10.4. The number of thiazole rings is 1. The number of guanidine groups is 1. The van der Waals surface area contributed by atoms with E-state index >= 15 is 0 Å². The molecule has 2 N–H and O–H groups in total. The SMILES string of the molecule is CN=C(NCCc1nc(C(F)(F)F)cs1)NC1CCN(Cc2ccccc2)C(C)C1.I. The first-order valence-electron chi connectivity index (χ1n) is 10.1. The van der Waals surface area contributed by atoms with Gasteiger partial charge in [0.05, 0.1) is 5.01 Å². The minimum atomic E-state index is -4.38. The molecule has 0 amide bonds. The van der Waals surface area contributed by atoms with Gasteiger partial charge in [-0.05, 0) is 25.3 Å². The minimum Gasteiger partial charge on any atom is -0.356 e. The zero-order chi connectivity index (χ0) is 21.6. The van der Waals surface area contributed by atoms with Crippen LogP contribution in [0.4, 0.5) is 13.2 Å². The van der Waals surface area contributed by atoms with E-state index in [1.807, 2.05) is 6.07 Å². The molecule has 2 heterocycles. The molecule has 1 aliphatic heterocycles. The van der Waals surface area contributed by atoms with Gasteiger partial charge in [0.1, 0.15) is 0 Å². The molecule has 0 radical (unpaired) electrons. The summed E-state index contributed by atoms with van der Waals surface area (Å²) in [6, 6.07) is 11.2. The van der Waals surface area contributed by atoms with E-state index < -0.39 is 11.9 Å². The number of halogens is 4. The predicted molar refractivity (Wildman–Crippen MR) is 130 cm³/mol. The van der Waals surface area contributed by atoms with Crippen molar-refractivity contribution < 1.29 is 13.2 Å². The quantitative estimate of drug-likeness (QED) is 0.306. The predicted octanol–water partition coefficient (Wildman–Crippen LogP) is 4.54. The van der Waals surface area contributed by atoms with E-state index in [0.717, 1.165) is 42.6 Å². The number of benzene rings is 1. The first-order valence-corrected chi connectivity index (χ1v) is 11.0. The molecule has 1 aromatic heterocycles. The standard InChI is InChI=1S/C21H28F3N5S.HI/c1-15-12-17(9-11-29(15)13-16-6-4-3-5-7-16)27-20(25-2)26-10-8-19-28-18(14-30-19)21(22,23)24;/h3-7,14-15,17H,8-13H2,1-2H3,(H2,25,26,27);1H. The van der Waals surface area contributed by atoms with Crippen LogP contribution in [0.2, 0.25) is 0 Å². The third kappa shape index (κ3) is 7.90. The van der Waals surface area contributed by atoms with Gasteiger partial charge in [-0.2, -0.15) is 13.2 Å². The highest BCUT2D eigenvalue weighted by molar-refractivity contribution is 14.0. The lowest BCUT2D eigenvalue weighted by molar-refractivity contribution is -0.140. The van der Waals surface area contributed by atoms with Gasteiger partial charge in [0, 0.05) is 50.6 Å². The van der Waals surface area contributed by atoms with Crippen LogP contribution >= 0.6 is 35.3 Å². The molecule has 0 saturated carbocycles. The van der Waals surface area contributed by atoms with Crippen molar-refractivity contribution in [2.45, 2.75) is 51.0 Å². The van der Waals surface area contributed by atoms with E-state index in [-0.39, 0.29) is 24.0 Å². The van der Waals surface area contributed by atoms with Crippen molar-refractivity contribution in [3.8, 4) is 0 Å². The van der Waals surface area contributed by atoms with Crippen molar-refractivity contribution in [2.24, 2.45) is 4.99 Å². The lowest BCUT2D eigenvalue weighted by Crippen LogP contribution is -2.51. The van der Waals surface area contributed by atoms with Crippen molar-refractivity contribution in [3.63, 3.8) is 0 Å². The maximum atomic E-state index is 12.6. The number of aromatic nitrogens is 1. The van der Waals surface area contributed by atoms with E-state index in [4.69, 9.17) is 0 Å². The molecule has 31 heavy (non-hydrogen) atoms. The number of alkyl halides is 3. The van der Waals surface area contributed by atoms with Gasteiger partial charge in [0.2, 0.25) is 0 Å². The Kier molecular flexibility index (Phi) is 10.0. The summed E-state index contributed by atoms with van der Waals surface area (Å²) in [7, 11) is 1.70. The average Bonchev–Trinajstić information content (AvgIpc) is 3.19. The van der Waals surface area contributed by atoms with Crippen LogP contribution in [0.25, 0.3) is 0 Å². The van der Waals surface area contributed by atoms with Gasteiger partial charge in [-0.1, -0.05) is 30.3 Å². The highest BCUT2D eigenvalue weighted by Crippen LogP contribution is 2.30. The van der Waals surface area contributed by atoms with Crippen molar-refractivity contribution in [1.82, 2.24) is 20.5 Å². The Morgan fingerprint density at radius 2 is 2.03 bits per heavy atom. The molecular formula is C21H29F3IN5S. The first kappa shape index (κ1) is 25.9. The monoisotopic (exact) mass is 567 g/mol. The molecule has 1 aromatic carbocycles. The number of nitrogens with zero attached hydrogens (tertiary/aromatic N) is 3. The topological polar surface area (TPSA) is 52.6 Å². The highest BCUT2D eigenvalue weighted by Gasteiger charge is 2.33. The van der Waals surface area contributed by atoms with Crippen LogP contribution in [0.1, 0.15) is 36.0 Å². The van der Waals surface area contributed by atoms with Crippen molar-refractivity contribution in [1.29, 1.82) is 0 Å². The van der Waals surface area contributed by atoms with Gasteiger partial charge in [-0.3, -0.25) is 9.89 Å². The Bertz CT molecular complexity index is 828. The Labute approximate surface area is 202 Å². The molecule has 2 atom stereocenters. The molecule has 5 nitrogen and oxygen atoms in total. The maximum Gasteiger partial charge on any atom is 0.434 e. The fraction of sp³-hybridized carbons (Fsp3) is 0.524. The lowest BCUT2D eigenvalue weighted by Gasteiger charge is -2.38. The average molecular weight is 567 g/mol. The third-order valence-electron chi connectivity index (χ3n) is 5.28.